The van der Waals surface area contributed by atoms with Gasteiger partial charge in [-0.05, 0) is 113 Å². The summed E-state index contributed by atoms with van der Waals surface area (Å²) in [4.78, 5) is 62.8. The lowest BCUT2D eigenvalue weighted by Gasteiger charge is -2.43. The molecule has 0 aromatic heterocycles. The Balaban J connectivity index is 1.03. The van der Waals surface area contributed by atoms with Gasteiger partial charge >= 0.3 is 18.1 Å². The SMILES string of the molecule is CCOC(=O)CCN1CCC(N2CCN(C(=O)C(Cc3cc(Br)c(O)c(Br)c3)OC(=O)N3CCC(N4CCc5ccccc5NC4=O)CC3)CC2)CC1. The maximum Gasteiger partial charge on any atom is 0.410 e. The first-order valence-corrected chi connectivity index (χ1v) is 20.4. The summed E-state index contributed by atoms with van der Waals surface area (Å²) >= 11 is 6.77. The number of hydrogen-bond donors (Lipinski definition) is 2. The van der Waals surface area contributed by atoms with Gasteiger partial charge in [-0.3, -0.25) is 14.5 Å². The number of piperazine rings is 1. The Morgan fingerprint density at radius 3 is 2.23 bits per heavy atom. The number of nitrogens with one attached hydrogen (secondary N) is 1. The van der Waals surface area contributed by atoms with Crippen LogP contribution in [-0.4, -0.2) is 144 Å². The van der Waals surface area contributed by atoms with E-state index in [-0.39, 0.29) is 36.1 Å². The lowest BCUT2D eigenvalue weighted by Crippen LogP contribution is -2.56. The summed E-state index contributed by atoms with van der Waals surface area (Å²) in [6.07, 6.45) is 2.97. The second-order valence-electron chi connectivity index (χ2n) is 14.2. The summed E-state index contributed by atoms with van der Waals surface area (Å²) < 4.78 is 12.1. The number of fused-ring (bicyclic) bond motifs is 1. The molecular formula is C38H50Br2N6O7. The molecule has 2 aromatic carbocycles. The van der Waals surface area contributed by atoms with E-state index in [0.29, 0.717) is 80.1 Å². The molecule has 6 rings (SSSR count). The van der Waals surface area contributed by atoms with Gasteiger partial charge in [-0.25, -0.2) is 9.59 Å². The highest BCUT2D eigenvalue weighted by molar-refractivity contribution is 9.11. The van der Waals surface area contributed by atoms with Crippen molar-refractivity contribution in [2.75, 3.05) is 77.4 Å². The molecule has 0 spiro atoms. The molecule has 4 aliphatic rings. The number of ether oxygens (including phenoxy) is 2. The first-order chi connectivity index (χ1) is 25.6. The van der Waals surface area contributed by atoms with Crippen LogP contribution in [0.4, 0.5) is 15.3 Å². The fourth-order valence-electron chi connectivity index (χ4n) is 7.93. The van der Waals surface area contributed by atoms with Crippen LogP contribution in [0.3, 0.4) is 0 Å². The third-order valence-electron chi connectivity index (χ3n) is 11.0. The standard InChI is InChI=1S/C38H50Br2N6O7/c1-2-52-34(47)12-15-42-13-8-28(9-14-42)43-19-21-44(22-20-43)36(49)33(25-26-23-30(39)35(48)31(40)24-26)53-38(51)45-16-10-29(11-17-45)46-18-7-27-5-3-4-6-32(27)41-37(46)50/h3-6,23-24,28-29,33,48H,2,7-22,25H2,1H3,(H,41,50). The van der Waals surface area contributed by atoms with Crippen molar-refractivity contribution in [1.82, 2.24) is 24.5 Å². The van der Waals surface area contributed by atoms with Crippen molar-refractivity contribution in [3.05, 3.63) is 56.5 Å². The smallest absolute Gasteiger partial charge is 0.410 e. The number of benzene rings is 2. The van der Waals surface area contributed by atoms with Gasteiger partial charge < -0.3 is 39.5 Å². The highest BCUT2D eigenvalue weighted by atomic mass is 79.9. The summed E-state index contributed by atoms with van der Waals surface area (Å²) in [5.41, 5.74) is 2.68. The van der Waals surface area contributed by atoms with Crippen molar-refractivity contribution in [2.24, 2.45) is 0 Å². The Kier molecular flexibility index (Phi) is 13.6. The molecule has 4 amide bonds. The van der Waals surface area contributed by atoms with Crippen molar-refractivity contribution >= 4 is 61.5 Å². The third kappa shape index (κ3) is 10.0. The molecule has 1 atom stereocenters. The van der Waals surface area contributed by atoms with Crippen LogP contribution >= 0.6 is 31.9 Å². The Morgan fingerprint density at radius 1 is 0.887 bits per heavy atom. The Hall–Kier alpha value is -3.40. The molecule has 3 fully saturated rings. The predicted octanol–water partition coefficient (Wildman–Crippen LogP) is 5.08. The van der Waals surface area contributed by atoms with Gasteiger partial charge in [0.25, 0.3) is 5.91 Å². The van der Waals surface area contributed by atoms with Gasteiger partial charge in [0.05, 0.1) is 22.0 Å². The average Bonchev–Trinajstić information content (AvgIpc) is 3.34. The van der Waals surface area contributed by atoms with E-state index in [9.17, 15) is 24.3 Å². The molecule has 1 unspecified atom stereocenters. The van der Waals surface area contributed by atoms with E-state index in [1.165, 1.54) is 0 Å². The summed E-state index contributed by atoms with van der Waals surface area (Å²) in [6, 6.07) is 11.6. The molecule has 15 heteroatoms. The summed E-state index contributed by atoms with van der Waals surface area (Å²) in [5, 5.41) is 13.3. The van der Waals surface area contributed by atoms with Gasteiger partial charge in [0, 0.05) is 76.5 Å². The van der Waals surface area contributed by atoms with Crippen molar-refractivity contribution in [3.63, 3.8) is 0 Å². The summed E-state index contributed by atoms with van der Waals surface area (Å²) in [7, 11) is 0. The number of urea groups is 1. The van der Waals surface area contributed by atoms with Gasteiger partial charge in [0.15, 0.2) is 6.10 Å². The molecule has 0 radical (unpaired) electrons. The minimum Gasteiger partial charge on any atom is -0.506 e. The zero-order valence-corrected chi connectivity index (χ0v) is 33.5. The van der Waals surface area contributed by atoms with Crippen LogP contribution in [0.1, 0.15) is 50.2 Å². The van der Waals surface area contributed by atoms with Crippen LogP contribution < -0.4 is 5.32 Å². The van der Waals surface area contributed by atoms with Crippen LogP contribution in [0.25, 0.3) is 0 Å². The van der Waals surface area contributed by atoms with E-state index in [1.807, 2.05) is 36.1 Å². The minimum atomic E-state index is -1.05. The Bertz CT molecular complexity index is 1600. The molecule has 53 heavy (non-hydrogen) atoms. The molecule has 0 saturated carbocycles. The molecule has 4 heterocycles. The van der Waals surface area contributed by atoms with Gasteiger partial charge in [-0.15, -0.1) is 0 Å². The molecule has 2 N–H and O–H groups in total. The van der Waals surface area contributed by atoms with Crippen LogP contribution in [0.5, 0.6) is 5.75 Å². The van der Waals surface area contributed by atoms with Crippen molar-refractivity contribution < 1.29 is 33.8 Å². The van der Waals surface area contributed by atoms with Crippen molar-refractivity contribution in [2.45, 2.75) is 70.1 Å². The second kappa shape index (κ2) is 18.3. The van der Waals surface area contributed by atoms with E-state index < -0.39 is 12.2 Å². The predicted molar refractivity (Wildman–Crippen MR) is 207 cm³/mol. The first kappa shape index (κ1) is 39.3. The van der Waals surface area contributed by atoms with Crippen molar-refractivity contribution in [1.29, 1.82) is 0 Å². The number of esters is 1. The number of aromatic hydroxyl groups is 1. The number of piperidine rings is 2. The number of carbonyl (C=O) groups is 4. The molecule has 0 bridgehead atoms. The highest BCUT2D eigenvalue weighted by Crippen LogP contribution is 2.34. The number of carbonyl (C=O) groups excluding carboxylic acids is 4. The number of hydrogen-bond acceptors (Lipinski definition) is 9. The average molecular weight is 863 g/mol. The van der Waals surface area contributed by atoms with Gasteiger partial charge in [-0.1, -0.05) is 18.2 Å². The number of amides is 4. The zero-order chi connectivity index (χ0) is 37.5. The molecule has 13 nitrogen and oxygen atoms in total. The Morgan fingerprint density at radius 2 is 1.55 bits per heavy atom. The highest BCUT2D eigenvalue weighted by Gasteiger charge is 2.36. The number of rotatable bonds is 10. The van der Waals surface area contributed by atoms with Crippen LogP contribution in [0.2, 0.25) is 0 Å². The van der Waals surface area contributed by atoms with Crippen LogP contribution in [-0.2, 0) is 31.9 Å². The number of nitrogens with zero attached hydrogens (tertiary/aromatic N) is 5. The van der Waals surface area contributed by atoms with Gasteiger partial charge in [0.2, 0.25) is 0 Å². The lowest BCUT2D eigenvalue weighted by molar-refractivity contribution is -0.144. The van der Waals surface area contributed by atoms with E-state index in [4.69, 9.17) is 9.47 Å². The number of phenolic OH excluding ortho intramolecular Hbond substituents is 1. The van der Waals surface area contributed by atoms with Crippen molar-refractivity contribution in [3.8, 4) is 5.75 Å². The number of halogens is 2. The second-order valence-corrected chi connectivity index (χ2v) is 15.9. The first-order valence-electron chi connectivity index (χ1n) is 18.8. The number of likely N-dealkylation sites (tertiary alicyclic amines) is 2. The lowest BCUT2D eigenvalue weighted by atomic mass is 10.0. The summed E-state index contributed by atoms with van der Waals surface area (Å²) in [6.45, 7) is 8.76. The van der Waals surface area contributed by atoms with E-state index in [2.05, 4.69) is 47.0 Å². The largest absolute Gasteiger partial charge is 0.506 e. The molecule has 288 valence electrons. The number of phenols is 1. The fraction of sp³-hybridized carbons (Fsp3) is 0.579. The molecular weight excluding hydrogens is 812 g/mol. The van der Waals surface area contributed by atoms with E-state index >= 15 is 0 Å². The minimum absolute atomic E-state index is 0.00869. The third-order valence-corrected chi connectivity index (χ3v) is 12.2. The van der Waals surface area contributed by atoms with Gasteiger partial charge in [-0.2, -0.15) is 0 Å². The van der Waals surface area contributed by atoms with E-state index in [0.717, 1.165) is 62.3 Å². The quantitative estimate of drug-likeness (QED) is 0.314. The maximum absolute atomic E-state index is 14.1. The fourth-order valence-corrected chi connectivity index (χ4v) is 9.21. The molecule has 2 aromatic rings. The topological polar surface area (TPSA) is 135 Å². The van der Waals surface area contributed by atoms with Gasteiger partial charge in [0.1, 0.15) is 5.75 Å². The molecule has 0 aliphatic carbocycles. The number of para-hydroxylation sites is 1. The zero-order valence-electron chi connectivity index (χ0n) is 30.3. The summed E-state index contributed by atoms with van der Waals surface area (Å²) in [5.74, 6) is -0.331. The van der Waals surface area contributed by atoms with Crippen LogP contribution in [0, 0.1) is 0 Å². The molecule has 3 saturated heterocycles. The van der Waals surface area contributed by atoms with Crippen LogP contribution in [0.15, 0.2) is 45.3 Å². The Labute approximate surface area is 328 Å². The normalized spacial score (nSPS) is 20.0. The molecule has 4 aliphatic heterocycles. The number of anilines is 1. The maximum atomic E-state index is 14.1. The monoisotopic (exact) mass is 860 g/mol. The van der Waals surface area contributed by atoms with E-state index in [1.54, 1.807) is 21.9 Å².